The van der Waals surface area contributed by atoms with Gasteiger partial charge in [-0.25, -0.2) is 0 Å². The Labute approximate surface area is 104 Å². The van der Waals surface area contributed by atoms with Crippen LogP contribution in [0.5, 0.6) is 0 Å². The molecule has 0 radical (unpaired) electrons. The third-order valence-corrected chi connectivity index (χ3v) is 2.86. The number of hydrogen-bond acceptors (Lipinski definition) is 6. The van der Waals surface area contributed by atoms with Crippen LogP contribution in [0.1, 0.15) is 35.1 Å². The van der Waals surface area contributed by atoms with Crippen molar-refractivity contribution >= 4 is 17.4 Å². The predicted molar refractivity (Wildman–Crippen MR) is 64.2 cm³/mol. The molecule has 1 rings (SSSR count). The number of aliphatic hydroxyl groups is 1. The number of amides is 1. The van der Waals surface area contributed by atoms with Gasteiger partial charge in [-0.15, -0.1) is 5.10 Å². The van der Waals surface area contributed by atoms with Crippen molar-refractivity contribution in [3.63, 3.8) is 0 Å². The van der Waals surface area contributed by atoms with E-state index in [0.717, 1.165) is 11.5 Å². The van der Waals surface area contributed by atoms with Crippen LogP contribution in [-0.2, 0) is 4.74 Å². The summed E-state index contributed by atoms with van der Waals surface area (Å²) >= 11 is 1.06. The molecule has 0 bridgehead atoms. The Balaban J connectivity index is 2.55. The third-order valence-electron chi connectivity index (χ3n) is 2.12. The lowest BCUT2D eigenvalue weighted by Gasteiger charge is -2.10. The summed E-state index contributed by atoms with van der Waals surface area (Å²) in [6, 6.07) is 0. The Morgan fingerprint density at radius 1 is 1.59 bits per heavy atom. The van der Waals surface area contributed by atoms with Gasteiger partial charge in [0.25, 0.3) is 5.91 Å². The van der Waals surface area contributed by atoms with E-state index in [1.54, 1.807) is 0 Å². The van der Waals surface area contributed by atoms with Crippen LogP contribution in [0.15, 0.2) is 0 Å². The molecule has 0 aliphatic rings. The molecule has 0 saturated heterocycles. The number of ether oxygens (including phenoxy) is 1. The van der Waals surface area contributed by atoms with E-state index in [9.17, 15) is 9.90 Å². The third kappa shape index (κ3) is 4.03. The molecule has 0 aromatic carbocycles. The number of aliphatic hydroxyl groups excluding tert-OH is 1. The first-order valence-electron chi connectivity index (χ1n) is 5.33. The van der Waals surface area contributed by atoms with Gasteiger partial charge in [-0.2, -0.15) is 0 Å². The van der Waals surface area contributed by atoms with Crippen molar-refractivity contribution in [2.45, 2.75) is 25.9 Å². The van der Waals surface area contributed by atoms with E-state index in [1.165, 1.54) is 7.11 Å². The summed E-state index contributed by atoms with van der Waals surface area (Å²) in [6.45, 7) is 4.25. The predicted octanol–water partition coefficient (Wildman–Crippen LogP) is 0.399. The molecule has 2 N–H and O–H groups in total. The highest BCUT2D eigenvalue weighted by atomic mass is 32.1. The zero-order chi connectivity index (χ0) is 12.8. The molecule has 0 aliphatic heterocycles. The fourth-order valence-corrected chi connectivity index (χ4v) is 2.01. The van der Waals surface area contributed by atoms with Crippen LogP contribution in [-0.4, -0.2) is 47.0 Å². The number of nitrogens with one attached hydrogen (secondary N) is 1. The quantitative estimate of drug-likeness (QED) is 0.772. The molecular formula is C10H17N3O3S. The van der Waals surface area contributed by atoms with E-state index in [1.807, 2.05) is 13.8 Å². The molecule has 0 fully saturated rings. The van der Waals surface area contributed by atoms with Crippen LogP contribution in [0.4, 0.5) is 0 Å². The normalized spacial score (nSPS) is 12.8. The summed E-state index contributed by atoms with van der Waals surface area (Å²) < 4.78 is 8.54. The summed E-state index contributed by atoms with van der Waals surface area (Å²) in [7, 11) is 1.50. The molecule has 0 saturated carbocycles. The zero-order valence-electron chi connectivity index (χ0n) is 10.1. The molecule has 1 unspecified atom stereocenters. The minimum absolute atomic E-state index is 0.151. The molecule has 1 amide bonds. The number of aromatic nitrogens is 2. The number of methoxy groups -OCH3 is 1. The summed E-state index contributed by atoms with van der Waals surface area (Å²) in [5.41, 5.74) is 0.689. The van der Waals surface area contributed by atoms with Crippen molar-refractivity contribution in [1.82, 2.24) is 14.9 Å². The van der Waals surface area contributed by atoms with Crippen molar-refractivity contribution in [2.75, 3.05) is 20.3 Å². The minimum atomic E-state index is -0.702. The van der Waals surface area contributed by atoms with Gasteiger partial charge in [-0.05, 0) is 17.5 Å². The van der Waals surface area contributed by atoms with Gasteiger partial charge >= 0.3 is 0 Å². The summed E-state index contributed by atoms with van der Waals surface area (Å²) in [5.74, 6) is -0.0998. The molecule has 6 nitrogen and oxygen atoms in total. The fourth-order valence-electron chi connectivity index (χ4n) is 1.27. The molecule has 1 heterocycles. The van der Waals surface area contributed by atoms with Gasteiger partial charge in [-0.3, -0.25) is 4.79 Å². The fraction of sp³-hybridized carbons (Fsp3) is 0.700. The Bertz CT molecular complexity index is 367. The minimum Gasteiger partial charge on any atom is -0.389 e. The van der Waals surface area contributed by atoms with Crippen LogP contribution in [0.3, 0.4) is 0 Å². The van der Waals surface area contributed by atoms with Crippen LogP contribution < -0.4 is 5.32 Å². The van der Waals surface area contributed by atoms with E-state index in [4.69, 9.17) is 4.74 Å². The maximum Gasteiger partial charge on any atom is 0.265 e. The molecule has 1 atom stereocenters. The lowest BCUT2D eigenvalue weighted by atomic mass is 10.1. The molecule has 96 valence electrons. The van der Waals surface area contributed by atoms with Gasteiger partial charge in [0.15, 0.2) is 0 Å². The Morgan fingerprint density at radius 2 is 2.29 bits per heavy atom. The molecule has 0 aliphatic carbocycles. The molecule has 1 aromatic rings. The van der Waals surface area contributed by atoms with E-state index in [-0.39, 0.29) is 25.0 Å². The topological polar surface area (TPSA) is 84.3 Å². The maximum absolute atomic E-state index is 11.8. The van der Waals surface area contributed by atoms with Crippen molar-refractivity contribution in [3.05, 3.63) is 10.6 Å². The standard InChI is InChI=1S/C10H17N3O3S/c1-6(2)8-9(17-13-12-8)10(15)11-4-7(14)5-16-3/h6-7,14H,4-5H2,1-3H3,(H,11,15). The number of carbonyl (C=O) groups is 1. The average molecular weight is 259 g/mol. The van der Waals surface area contributed by atoms with E-state index in [0.29, 0.717) is 10.6 Å². The Morgan fingerprint density at radius 3 is 2.88 bits per heavy atom. The van der Waals surface area contributed by atoms with Crippen LogP contribution >= 0.6 is 11.5 Å². The Kier molecular flexibility index (Phi) is 5.46. The number of hydrogen-bond donors (Lipinski definition) is 2. The van der Waals surface area contributed by atoms with Crippen molar-refractivity contribution in [3.8, 4) is 0 Å². The largest absolute Gasteiger partial charge is 0.389 e. The van der Waals surface area contributed by atoms with E-state index >= 15 is 0 Å². The molecular weight excluding hydrogens is 242 g/mol. The first kappa shape index (κ1) is 14.0. The molecule has 1 aromatic heterocycles. The van der Waals surface area contributed by atoms with Gasteiger partial charge < -0.3 is 15.2 Å². The van der Waals surface area contributed by atoms with Crippen LogP contribution in [0.25, 0.3) is 0 Å². The second-order valence-corrected chi connectivity index (χ2v) is 4.72. The van der Waals surface area contributed by atoms with Gasteiger partial charge in [0.1, 0.15) is 4.88 Å². The van der Waals surface area contributed by atoms with Gasteiger partial charge in [0.2, 0.25) is 0 Å². The van der Waals surface area contributed by atoms with Gasteiger partial charge in [0, 0.05) is 13.7 Å². The highest BCUT2D eigenvalue weighted by Crippen LogP contribution is 2.19. The van der Waals surface area contributed by atoms with Crippen molar-refractivity contribution in [2.24, 2.45) is 0 Å². The lowest BCUT2D eigenvalue weighted by Crippen LogP contribution is -2.34. The lowest BCUT2D eigenvalue weighted by molar-refractivity contribution is 0.0610. The zero-order valence-corrected chi connectivity index (χ0v) is 11.0. The monoisotopic (exact) mass is 259 g/mol. The van der Waals surface area contributed by atoms with Crippen LogP contribution in [0.2, 0.25) is 0 Å². The van der Waals surface area contributed by atoms with E-state index in [2.05, 4.69) is 14.9 Å². The highest BCUT2D eigenvalue weighted by Gasteiger charge is 2.18. The second-order valence-electron chi connectivity index (χ2n) is 3.96. The first-order valence-corrected chi connectivity index (χ1v) is 6.11. The first-order chi connectivity index (χ1) is 8.06. The summed E-state index contributed by atoms with van der Waals surface area (Å²) in [5, 5.41) is 16.0. The number of carbonyl (C=O) groups excluding carboxylic acids is 1. The molecule has 0 spiro atoms. The SMILES string of the molecule is COCC(O)CNC(=O)c1snnc1C(C)C. The van der Waals surface area contributed by atoms with E-state index < -0.39 is 6.10 Å². The van der Waals surface area contributed by atoms with Crippen molar-refractivity contribution < 1.29 is 14.6 Å². The van der Waals surface area contributed by atoms with Crippen LogP contribution in [0, 0.1) is 0 Å². The molecule has 17 heavy (non-hydrogen) atoms. The smallest absolute Gasteiger partial charge is 0.265 e. The molecule has 7 heteroatoms. The van der Waals surface area contributed by atoms with Gasteiger partial charge in [-0.1, -0.05) is 18.3 Å². The highest BCUT2D eigenvalue weighted by molar-refractivity contribution is 7.08. The summed E-state index contributed by atoms with van der Waals surface area (Å²) in [6.07, 6.45) is -0.702. The maximum atomic E-state index is 11.8. The number of rotatable bonds is 6. The van der Waals surface area contributed by atoms with Crippen molar-refractivity contribution in [1.29, 1.82) is 0 Å². The number of nitrogens with zero attached hydrogens (tertiary/aromatic N) is 2. The average Bonchev–Trinajstić information content (AvgIpc) is 2.75. The summed E-state index contributed by atoms with van der Waals surface area (Å²) in [4.78, 5) is 12.3. The second kappa shape index (κ2) is 6.63. The Hall–Kier alpha value is -1.05. The van der Waals surface area contributed by atoms with Gasteiger partial charge in [0.05, 0.1) is 18.4 Å².